The Morgan fingerprint density at radius 3 is 2.61 bits per heavy atom. The summed E-state index contributed by atoms with van der Waals surface area (Å²) < 4.78 is 0. The van der Waals surface area contributed by atoms with Crippen molar-refractivity contribution in [1.29, 1.82) is 0 Å². The molecule has 0 heterocycles. The van der Waals surface area contributed by atoms with Gasteiger partial charge in [-0.25, -0.2) is 0 Å². The van der Waals surface area contributed by atoms with Crippen LogP contribution in [0.25, 0.3) is 0 Å². The molecule has 0 spiro atoms. The molecule has 1 aromatic carbocycles. The molecule has 18 heavy (non-hydrogen) atoms. The van der Waals surface area contributed by atoms with Gasteiger partial charge in [-0.05, 0) is 36.6 Å². The van der Waals surface area contributed by atoms with Gasteiger partial charge < -0.3 is 10.6 Å². The summed E-state index contributed by atoms with van der Waals surface area (Å²) in [6.07, 6.45) is 0. The fraction of sp³-hybridized carbons (Fsp3) is 0.500. The van der Waals surface area contributed by atoms with Crippen molar-refractivity contribution >= 4 is 17.5 Å². The first-order valence-electron chi connectivity index (χ1n) is 5.98. The molecule has 4 heteroatoms. The highest BCUT2D eigenvalue weighted by Crippen LogP contribution is 2.19. The lowest BCUT2D eigenvalue weighted by atomic mass is 9.93. The fourth-order valence-corrected chi connectivity index (χ4v) is 1.98. The van der Waals surface area contributed by atoms with Gasteiger partial charge in [-0.2, -0.15) is 0 Å². The maximum Gasteiger partial charge on any atom is 0.253 e. The van der Waals surface area contributed by atoms with E-state index >= 15 is 0 Å². The van der Waals surface area contributed by atoms with Crippen LogP contribution in [0.1, 0.15) is 29.8 Å². The first-order chi connectivity index (χ1) is 8.26. The Kier molecular flexibility index (Phi) is 4.77. The van der Waals surface area contributed by atoms with Crippen LogP contribution in [-0.2, 0) is 0 Å². The van der Waals surface area contributed by atoms with Gasteiger partial charge in [-0.1, -0.05) is 31.5 Å². The molecule has 2 N–H and O–H groups in total. The van der Waals surface area contributed by atoms with Crippen molar-refractivity contribution in [3.63, 3.8) is 0 Å². The Labute approximate surface area is 114 Å². The number of amides is 1. The van der Waals surface area contributed by atoms with Gasteiger partial charge in [0.1, 0.15) is 0 Å². The second kappa shape index (κ2) is 5.72. The van der Waals surface area contributed by atoms with E-state index in [1.807, 2.05) is 26.8 Å². The third-order valence-corrected chi connectivity index (χ3v) is 3.23. The second-order valence-electron chi connectivity index (χ2n) is 5.49. The number of carbonyl (C=O) groups is 1. The third kappa shape index (κ3) is 3.72. The van der Waals surface area contributed by atoms with Crippen molar-refractivity contribution in [2.45, 2.75) is 20.8 Å². The summed E-state index contributed by atoms with van der Waals surface area (Å²) in [5.74, 6) is -0.0171. The summed E-state index contributed by atoms with van der Waals surface area (Å²) >= 11 is 5.94. The van der Waals surface area contributed by atoms with Crippen LogP contribution in [0, 0.1) is 12.3 Å². The van der Waals surface area contributed by atoms with Gasteiger partial charge >= 0.3 is 0 Å². The molecule has 100 valence electrons. The van der Waals surface area contributed by atoms with Crippen molar-refractivity contribution in [3.8, 4) is 0 Å². The van der Waals surface area contributed by atoms with E-state index in [9.17, 15) is 4.79 Å². The molecule has 0 aromatic heterocycles. The van der Waals surface area contributed by atoms with Crippen molar-refractivity contribution in [1.82, 2.24) is 4.90 Å². The smallest absolute Gasteiger partial charge is 0.253 e. The lowest BCUT2D eigenvalue weighted by Crippen LogP contribution is -2.40. The molecule has 0 aliphatic heterocycles. The number of nitrogens with zero attached hydrogens (tertiary/aromatic N) is 1. The minimum absolute atomic E-state index is 0.0171. The average molecular weight is 269 g/mol. The van der Waals surface area contributed by atoms with Crippen LogP contribution >= 0.6 is 11.6 Å². The molecule has 0 saturated heterocycles. The summed E-state index contributed by atoms with van der Waals surface area (Å²) in [4.78, 5) is 14.0. The molecule has 0 aliphatic rings. The summed E-state index contributed by atoms with van der Waals surface area (Å²) in [6.45, 7) is 7.15. The van der Waals surface area contributed by atoms with E-state index in [0.29, 0.717) is 23.7 Å². The van der Waals surface area contributed by atoms with Gasteiger partial charge in [0.2, 0.25) is 0 Å². The average Bonchev–Trinajstić information content (AvgIpc) is 2.31. The molecule has 0 atom stereocenters. The molecular formula is C14H21ClN2O. The Hall–Kier alpha value is -1.06. The van der Waals surface area contributed by atoms with Crippen LogP contribution in [0.3, 0.4) is 0 Å². The maximum atomic E-state index is 12.3. The number of aryl methyl sites for hydroxylation is 1. The quantitative estimate of drug-likeness (QED) is 0.913. The van der Waals surface area contributed by atoms with Gasteiger partial charge in [-0.15, -0.1) is 0 Å². The van der Waals surface area contributed by atoms with Crippen molar-refractivity contribution < 1.29 is 4.79 Å². The fourth-order valence-electron chi connectivity index (χ4n) is 1.81. The second-order valence-corrected chi connectivity index (χ2v) is 5.93. The zero-order valence-corrected chi connectivity index (χ0v) is 12.2. The van der Waals surface area contributed by atoms with Crippen LogP contribution in [0.2, 0.25) is 5.02 Å². The molecule has 0 saturated carbocycles. The first kappa shape index (κ1) is 15.0. The van der Waals surface area contributed by atoms with E-state index in [0.717, 1.165) is 5.56 Å². The van der Waals surface area contributed by atoms with Crippen molar-refractivity contribution in [3.05, 3.63) is 34.3 Å². The molecule has 1 aromatic rings. The predicted molar refractivity (Wildman–Crippen MR) is 76.0 cm³/mol. The lowest BCUT2D eigenvalue weighted by Gasteiger charge is -2.29. The number of hydrogen-bond acceptors (Lipinski definition) is 2. The van der Waals surface area contributed by atoms with Gasteiger partial charge in [-0.3, -0.25) is 4.79 Å². The minimum Gasteiger partial charge on any atom is -0.341 e. The zero-order chi connectivity index (χ0) is 13.9. The number of nitrogens with two attached hydrogens (primary N) is 1. The molecule has 1 amide bonds. The van der Waals surface area contributed by atoms with E-state index in [1.54, 1.807) is 24.1 Å². The van der Waals surface area contributed by atoms with Crippen LogP contribution in [0.15, 0.2) is 18.2 Å². The van der Waals surface area contributed by atoms with E-state index in [-0.39, 0.29) is 11.3 Å². The highest BCUT2D eigenvalue weighted by molar-refractivity contribution is 6.31. The molecule has 3 nitrogen and oxygen atoms in total. The zero-order valence-electron chi connectivity index (χ0n) is 11.5. The number of benzene rings is 1. The molecule has 0 aliphatic carbocycles. The van der Waals surface area contributed by atoms with Crippen LogP contribution in [-0.4, -0.2) is 30.9 Å². The van der Waals surface area contributed by atoms with Gasteiger partial charge in [0.15, 0.2) is 0 Å². The van der Waals surface area contributed by atoms with E-state index in [2.05, 4.69) is 0 Å². The molecule has 0 radical (unpaired) electrons. The van der Waals surface area contributed by atoms with E-state index < -0.39 is 0 Å². The Morgan fingerprint density at radius 1 is 1.44 bits per heavy atom. The van der Waals surface area contributed by atoms with Crippen LogP contribution in [0.4, 0.5) is 0 Å². The molecule has 0 bridgehead atoms. The Balaban J connectivity index is 2.90. The van der Waals surface area contributed by atoms with Gasteiger partial charge in [0.05, 0.1) is 0 Å². The summed E-state index contributed by atoms with van der Waals surface area (Å²) in [5, 5.41) is 0.579. The van der Waals surface area contributed by atoms with Crippen LogP contribution < -0.4 is 5.73 Å². The maximum absolute atomic E-state index is 12.3. The third-order valence-electron chi connectivity index (χ3n) is 2.99. The summed E-state index contributed by atoms with van der Waals surface area (Å²) in [5.41, 5.74) is 7.18. The van der Waals surface area contributed by atoms with Gasteiger partial charge in [0, 0.05) is 24.2 Å². The standard InChI is InChI=1S/C14H21ClN2O/c1-10-5-6-11(15)7-12(10)13(18)17(4)9-14(2,3)8-16/h5-7H,8-9,16H2,1-4H3. The normalized spacial score (nSPS) is 11.4. The van der Waals surface area contributed by atoms with Gasteiger partial charge in [0.25, 0.3) is 5.91 Å². The summed E-state index contributed by atoms with van der Waals surface area (Å²) in [7, 11) is 1.79. The SMILES string of the molecule is Cc1ccc(Cl)cc1C(=O)N(C)CC(C)(C)CN. The molecule has 1 rings (SSSR count). The number of rotatable bonds is 4. The number of carbonyl (C=O) groups excluding carboxylic acids is 1. The highest BCUT2D eigenvalue weighted by atomic mass is 35.5. The minimum atomic E-state index is -0.0864. The number of halogens is 1. The Morgan fingerprint density at radius 2 is 2.06 bits per heavy atom. The molecule has 0 unspecified atom stereocenters. The number of hydrogen-bond donors (Lipinski definition) is 1. The van der Waals surface area contributed by atoms with E-state index in [4.69, 9.17) is 17.3 Å². The molecule has 0 fully saturated rings. The summed E-state index contributed by atoms with van der Waals surface area (Å²) in [6, 6.07) is 5.36. The lowest BCUT2D eigenvalue weighted by molar-refractivity contribution is 0.0740. The predicted octanol–water partition coefficient (Wildman–Crippen LogP) is 2.71. The van der Waals surface area contributed by atoms with Crippen LogP contribution in [0.5, 0.6) is 0 Å². The Bertz CT molecular complexity index is 443. The first-order valence-corrected chi connectivity index (χ1v) is 6.36. The van der Waals surface area contributed by atoms with Crippen molar-refractivity contribution in [2.24, 2.45) is 11.1 Å². The largest absolute Gasteiger partial charge is 0.341 e. The molecular weight excluding hydrogens is 248 g/mol. The van der Waals surface area contributed by atoms with E-state index in [1.165, 1.54) is 0 Å². The topological polar surface area (TPSA) is 46.3 Å². The highest BCUT2D eigenvalue weighted by Gasteiger charge is 2.22. The monoisotopic (exact) mass is 268 g/mol. The van der Waals surface area contributed by atoms with Crippen molar-refractivity contribution in [2.75, 3.05) is 20.1 Å².